The lowest BCUT2D eigenvalue weighted by Crippen LogP contribution is -2.30. The molecule has 0 aliphatic rings. The summed E-state index contributed by atoms with van der Waals surface area (Å²) in [5.74, 6) is -0.603. The predicted octanol–water partition coefficient (Wildman–Crippen LogP) is 15.3. The second-order valence-corrected chi connectivity index (χ2v) is 24.7. The molecule has 3 N–H and O–H groups in total. The molecule has 17 nitrogen and oxygen atoms in total. The molecule has 0 aliphatic heterocycles. The minimum absolute atomic E-state index is 0.0984. The second kappa shape index (κ2) is 51.0. The fraction of sp³-hybridized carbons (Fsp3) is 0.931. The van der Waals surface area contributed by atoms with Gasteiger partial charge in [-0.15, -0.1) is 0 Å². The van der Waals surface area contributed by atoms with Crippen LogP contribution >= 0.6 is 15.6 Å². The highest BCUT2D eigenvalue weighted by Crippen LogP contribution is 2.45. The molecule has 0 spiro atoms. The van der Waals surface area contributed by atoms with Gasteiger partial charge in [0.1, 0.15) is 19.3 Å². The van der Waals surface area contributed by atoms with Crippen LogP contribution in [0, 0.1) is 11.8 Å². The number of aliphatic hydroxyl groups is 1. The van der Waals surface area contributed by atoms with Crippen molar-refractivity contribution in [1.82, 2.24) is 0 Å². The maximum absolute atomic E-state index is 12.9. The summed E-state index contributed by atoms with van der Waals surface area (Å²) in [5.41, 5.74) is 0. The van der Waals surface area contributed by atoms with Gasteiger partial charge in [0.15, 0.2) is 12.2 Å². The normalized spacial score (nSPS) is 14.8. The average Bonchev–Trinajstić information content (AvgIpc) is 3.39. The van der Waals surface area contributed by atoms with Crippen molar-refractivity contribution in [3.05, 3.63) is 0 Å². The van der Waals surface area contributed by atoms with Crippen LogP contribution in [0.1, 0.15) is 279 Å². The Morgan fingerprint density at radius 2 is 0.662 bits per heavy atom. The van der Waals surface area contributed by atoms with E-state index in [-0.39, 0.29) is 25.7 Å². The average molecular weight is 1140 g/mol. The van der Waals surface area contributed by atoms with Crippen molar-refractivity contribution >= 4 is 39.5 Å². The summed E-state index contributed by atoms with van der Waals surface area (Å²) in [6, 6.07) is 0. The fourth-order valence-electron chi connectivity index (χ4n) is 8.44. The van der Waals surface area contributed by atoms with Crippen LogP contribution in [0.3, 0.4) is 0 Å². The van der Waals surface area contributed by atoms with Crippen LogP contribution in [0.2, 0.25) is 0 Å². The Hall–Kier alpha value is -1.94. The number of unbranched alkanes of at least 4 members (excludes halogenated alkanes) is 26. The van der Waals surface area contributed by atoms with E-state index in [1.165, 1.54) is 89.9 Å². The first-order chi connectivity index (χ1) is 36.9. The third-order valence-electron chi connectivity index (χ3n) is 13.6. The Morgan fingerprint density at radius 3 is 0.987 bits per heavy atom. The minimum atomic E-state index is -4.94. The quantitative estimate of drug-likeness (QED) is 0.0222. The first-order valence-electron chi connectivity index (χ1n) is 30.5. The van der Waals surface area contributed by atoms with Crippen molar-refractivity contribution in [2.75, 3.05) is 39.6 Å². The number of carbonyl (C=O) groups is 4. The van der Waals surface area contributed by atoms with Gasteiger partial charge in [0.05, 0.1) is 26.4 Å². The van der Waals surface area contributed by atoms with Gasteiger partial charge in [-0.05, 0) is 37.5 Å². The summed E-state index contributed by atoms with van der Waals surface area (Å²) in [5, 5.41) is 10.5. The van der Waals surface area contributed by atoms with E-state index >= 15 is 0 Å². The topological polar surface area (TPSA) is 237 Å². The van der Waals surface area contributed by atoms with Gasteiger partial charge in [0.2, 0.25) is 0 Å². The maximum Gasteiger partial charge on any atom is 0.472 e. The predicted molar refractivity (Wildman–Crippen MR) is 303 cm³/mol. The Balaban J connectivity index is 5.14. The molecule has 0 bridgehead atoms. The summed E-state index contributed by atoms with van der Waals surface area (Å²) in [7, 11) is -9.86. The van der Waals surface area contributed by atoms with Crippen LogP contribution in [0.5, 0.6) is 0 Å². The maximum atomic E-state index is 12.9. The molecule has 0 aromatic rings. The van der Waals surface area contributed by atoms with Crippen LogP contribution in [-0.2, 0) is 65.4 Å². The molecule has 3 unspecified atom stereocenters. The number of carbonyl (C=O) groups excluding carboxylic acids is 4. The summed E-state index contributed by atoms with van der Waals surface area (Å²) in [6.45, 7) is 9.28. The summed E-state index contributed by atoms with van der Waals surface area (Å²) < 4.78 is 67.3. The number of esters is 4. The molecule has 0 rings (SSSR count). The smallest absolute Gasteiger partial charge is 0.462 e. The molecule has 456 valence electrons. The van der Waals surface area contributed by atoms with Crippen molar-refractivity contribution in [2.24, 2.45) is 11.8 Å². The first kappa shape index (κ1) is 75.1. The molecular formula is C58H112O17P2. The van der Waals surface area contributed by atoms with E-state index in [1.54, 1.807) is 0 Å². The van der Waals surface area contributed by atoms with E-state index in [0.29, 0.717) is 25.7 Å². The molecule has 77 heavy (non-hydrogen) atoms. The zero-order valence-electron chi connectivity index (χ0n) is 49.2. The summed E-state index contributed by atoms with van der Waals surface area (Å²) in [6.07, 6.45) is 31.4. The third kappa shape index (κ3) is 51.9. The lowest BCUT2D eigenvalue weighted by Gasteiger charge is -2.21. The Morgan fingerprint density at radius 1 is 0.377 bits per heavy atom. The molecule has 0 saturated carbocycles. The lowest BCUT2D eigenvalue weighted by atomic mass is 9.99. The van der Waals surface area contributed by atoms with Gasteiger partial charge >= 0.3 is 39.5 Å². The molecule has 0 heterocycles. The molecule has 19 heteroatoms. The van der Waals surface area contributed by atoms with Gasteiger partial charge in [-0.1, -0.05) is 228 Å². The summed E-state index contributed by atoms with van der Waals surface area (Å²) in [4.78, 5) is 71.4. The monoisotopic (exact) mass is 1140 g/mol. The molecule has 0 radical (unpaired) electrons. The summed E-state index contributed by atoms with van der Waals surface area (Å²) >= 11 is 0. The van der Waals surface area contributed by atoms with Crippen LogP contribution in [-0.4, -0.2) is 96.7 Å². The van der Waals surface area contributed by atoms with Crippen molar-refractivity contribution < 1.29 is 80.2 Å². The molecule has 0 aliphatic carbocycles. The number of hydrogen-bond donors (Lipinski definition) is 3. The van der Waals surface area contributed by atoms with Crippen molar-refractivity contribution in [3.8, 4) is 0 Å². The standard InChI is InChI=1S/C58H112O17P2/c1-7-10-12-26-34-40-55(60)68-46-53(74-57(62)42-36-27-13-11-8-2)48-72-76(64,65)70-44-52(59)45-71-77(66,67)73-49-54(47-69-56(61)41-35-30-24-20-16-14-18-22-28-32-38-50(4)5)75-58(63)43-37-31-25-21-17-15-19-23-29-33-39-51(6)9-3/h50-54,59H,7-49H2,1-6H3,(H,64,65)(H,66,67)/t51?,52-,53+,54+/m0/s1. The van der Waals surface area contributed by atoms with Gasteiger partial charge in [-0.2, -0.15) is 0 Å². The van der Waals surface area contributed by atoms with Crippen LogP contribution in [0.15, 0.2) is 0 Å². The highest BCUT2D eigenvalue weighted by molar-refractivity contribution is 7.47. The van der Waals surface area contributed by atoms with Crippen LogP contribution in [0.4, 0.5) is 0 Å². The van der Waals surface area contributed by atoms with E-state index in [2.05, 4.69) is 41.5 Å². The number of rotatable bonds is 57. The van der Waals surface area contributed by atoms with Crippen molar-refractivity contribution in [1.29, 1.82) is 0 Å². The second-order valence-electron chi connectivity index (χ2n) is 21.7. The fourth-order valence-corrected chi connectivity index (χ4v) is 10.0. The molecule has 0 saturated heterocycles. The van der Waals surface area contributed by atoms with Crippen molar-refractivity contribution in [2.45, 2.75) is 297 Å². The number of hydrogen-bond acceptors (Lipinski definition) is 15. The van der Waals surface area contributed by atoms with E-state index < -0.39 is 97.5 Å². The van der Waals surface area contributed by atoms with Gasteiger partial charge in [0.25, 0.3) is 0 Å². The highest BCUT2D eigenvalue weighted by atomic mass is 31.2. The zero-order valence-corrected chi connectivity index (χ0v) is 51.0. The molecule has 0 aromatic heterocycles. The number of ether oxygens (including phenoxy) is 4. The van der Waals surface area contributed by atoms with E-state index in [4.69, 9.17) is 37.0 Å². The third-order valence-corrected chi connectivity index (χ3v) is 15.5. The Bertz CT molecular complexity index is 1530. The molecule has 0 fully saturated rings. The Labute approximate surface area is 467 Å². The number of phosphoric acid groups is 2. The minimum Gasteiger partial charge on any atom is -0.462 e. The zero-order chi connectivity index (χ0) is 57.3. The molecule has 0 aromatic carbocycles. The Kier molecular flexibility index (Phi) is 49.7. The first-order valence-corrected chi connectivity index (χ1v) is 33.5. The van der Waals surface area contributed by atoms with E-state index in [1.807, 2.05) is 0 Å². The van der Waals surface area contributed by atoms with Gasteiger partial charge in [-0.25, -0.2) is 9.13 Å². The molecule has 0 amide bonds. The van der Waals surface area contributed by atoms with Gasteiger partial charge < -0.3 is 33.8 Å². The largest absolute Gasteiger partial charge is 0.472 e. The van der Waals surface area contributed by atoms with Crippen molar-refractivity contribution in [3.63, 3.8) is 0 Å². The van der Waals surface area contributed by atoms with Crippen LogP contribution in [0.25, 0.3) is 0 Å². The van der Waals surface area contributed by atoms with Gasteiger partial charge in [-0.3, -0.25) is 37.3 Å². The number of aliphatic hydroxyl groups excluding tert-OH is 1. The molecule has 6 atom stereocenters. The number of phosphoric ester groups is 2. The van der Waals surface area contributed by atoms with Crippen LogP contribution < -0.4 is 0 Å². The van der Waals surface area contributed by atoms with E-state index in [0.717, 1.165) is 108 Å². The lowest BCUT2D eigenvalue weighted by molar-refractivity contribution is -0.161. The van der Waals surface area contributed by atoms with E-state index in [9.17, 15) is 43.2 Å². The SMILES string of the molecule is CCCCCCCC(=O)OC[C@H](COP(=O)(O)OC[C@H](O)COP(=O)(O)OC[C@@H](COC(=O)CCCCCCCCCCCCC(C)C)OC(=O)CCCCCCCCCCCCC(C)CC)OC(=O)CCCCCCC. The van der Waals surface area contributed by atoms with Gasteiger partial charge in [0, 0.05) is 25.7 Å². The highest BCUT2D eigenvalue weighted by Gasteiger charge is 2.30. The molecular weight excluding hydrogens is 1030 g/mol.